The summed E-state index contributed by atoms with van der Waals surface area (Å²) in [6.45, 7) is 3.06. The minimum absolute atomic E-state index is 0.117. The maximum Gasteiger partial charge on any atom is 0.265 e. The van der Waals surface area contributed by atoms with Gasteiger partial charge in [-0.25, -0.2) is 0 Å². The highest BCUT2D eigenvalue weighted by molar-refractivity contribution is 7.18. The van der Waals surface area contributed by atoms with E-state index in [-0.39, 0.29) is 5.91 Å². The van der Waals surface area contributed by atoms with Crippen molar-refractivity contribution in [3.63, 3.8) is 0 Å². The fourth-order valence-electron chi connectivity index (χ4n) is 3.58. The number of carbonyl (C=O) groups excluding carboxylic acids is 1. The van der Waals surface area contributed by atoms with E-state index in [9.17, 15) is 4.79 Å². The molecule has 0 radical (unpaired) electrons. The van der Waals surface area contributed by atoms with Crippen LogP contribution in [0.3, 0.4) is 0 Å². The number of morpholine rings is 1. The van der Waals surface area contributed by atoms with Crippen molar-refractivity contribution < 1.29 is 9.53 Å². The third-order valence-electron chi connectivity index (χ3n) is 5.04. The van der Waals surface area contributed by atoms with E-state index >= 15 is 0 Å². The molecule has 0 unspecified atom stereocenters. The van der Waals surface area contributed by atoms with E-state index in [2.05, 4.69) is 32.5 Å². The van der Waals surface area contributed by atoms with E-state index in [1.807, 2.05) is 42.5 Å². The first-order valence-corrected chi connectivity index (χ1v) is 10.4. The van der Waals surface area contributed by atoms with Gasteiger partial charge in [0, 0.05) is 24.0 Å². The summed E-state index contributed by atoms with van der Waals surface area (Å²) in [5, 5.41) is 12.1. The van der Waals surface area contributed by atoms with Crippen molar-refractivity contribution in [3.8, 4) is 11.1 Å². The first-order chi connectivity index (χ1) is 14.3. The molecule has 7 heteroatoms. The van der Waals surface area contributed by atoms with Gasteiger partial charge in [-0.2, -0.15) is 5.10 Å². The monoisotopic (exact) mass is 404 g/mol. The van der Waals surface area contributed by atoms with Crippen LogP contribution in [0.15, 0.2) is 60.8 Å². The highest BCUT2D eigenvalue weighted by Crippen LogP contribution is 2.39. The van der Waals surface area contributed by atoms with Crippen LogP contribution in [0.5, 0.6) is 0 Å². The average Bonchev–Trinajstić information content (AvgIpc) is 3.43. The molecular formula is C22H20N4O2S. The Labute approximate surface area is 172 Å². The molecule has 1 amide bonds. The van der Waals surface area contributed by atoms with Crippen molar-refractivity contribution in [2.24, 2.45) is 0 Å². The molecule has 1 aliphatic heterocycles. The largest absolute Gasteiger partial charge is 0.378 e. The van der Waals surface area contributed by atoms with Crippen LogP contribution in [0.4, 0.5) is 10.7 Å². The Bertz CT molecular complexity index is 1150. The number of fused-ring (bicyclic) bond motifs is 1. The number of para-hydroxylation sites is 1. The number of amides is 1. The van der Waals surface area contributed by atoms with Gasteiger partial charge in [0.2, 0.25) is 0 Å². The predicted molar refractivity (Wildman–Crippen MR) is 117 cm³/mol. The van der Waals surface area contributed by atoms with Crippen LogP contribution in [-0.2, 0) is 4.74 Å². The molecule has 2 N–H and O–H groups in total. The zero-order chi connectivity index (χ0) is 19.6. The lowest BCUT2D eigenvalue weighted by Crippen LogP contribution is -2.35. The molecule has 6 nitrogen and oxygen atoms in total. The van der Waals surface area contributed by atoms with E-state index in [0.29, 0.717) is 18.1 Å². The molecule has 0 spiro atoms. The number of carbonyl (C=O) groups is 1. The van der Waals surface area contributed by atoms with Gasteiger partial charge in [-0.15, -0.1) is 11.3 Å². The number of benzene rings is 2. The van der Waals surface area contributed by atoms with Gasteiger partial charge in [0.15, 0.2) is 0 Å². The van der Waals surface area contributed by atoms with Crippen molar-refractivity contribution in [1.29, 1.82) is 0 Å². The normalized spacial score (nSPS) is 14.3. The summed E-state index contributed by atoms with van der Waals surface area (Å²) in [7, 11) is 0. The predicted octanol–water partition coefficient (Wildman–Crippen LogP) is 4.38. The van der Waals surface area contributed by atoms with Gasteiger partial charge in [0.25, 0.3) is 5.91 Å². The molecule has 0 saturated carbocycles. The van der Waals surface area contributed by atoms with Gasteiger partial charge in [0.1, 0.15) is 0 Å². The van der Waals surface area contributed by atoms with Crippen LogP contribution in [0, 0.1) is 0 Å². The molecule has 3 heterocycles. The summed E-state index contributed by atoms with van der Waals surface area (Å²) >= 11 is 1.53. The lowest BCUT2D eigenvalue weighted by molar-refractivity contribution is 0.103. The van der Waals surface area contributed by atoms with Crippen LogP contribution >= 0.6 is 11.3 Å². The minimum Gasteiger partial charge on any atom is -0.378 e. The van der Waals surface area contributed by atoms with Crippen LogP contribution < -0.4 is 10.2 Å². The summed E-state index contributed by atoms with van der Waals surface area (Å²) in [5.41, 5.74) is 3.75. The Hall–Kier alpha value is -3.16. The standard InChI is InChI=1S/C22H20N4O2S/c27-21(24-18-8-4-7-16-14-23-25-20(16)18)19-13-17(15-5-2-1-3-6-15)22(29-19)26-9-11-28-12-10-26/h1-8,13-14H,9-12H2,(H,23,25)(H,24,27). The van der Waals surface area contributed by atoms with Gasteiger partial charge in [-0.05, 0) is 17.7 Å². The van der Waals surface area contributed by atoms with Crippen molar-refractivity contribution in [2.45, 2.75) is 0 Å². The SMILES string of the molecule is O=C(Nc1cccc2cn[nH]c12)c1cc(-c2ccccc2)c(N2CCOCC2)s1. The van der Waals surface area contributed by atoms with Crippen LogP contribution in [0.25, 0.3) is 22.0 Å². The van der Waals surface area contributed by atoms with Crippen molar-refractivity contribution in [1.82, 2.24) is 10.2 Å². The molecule has 1 aliphatic rings. The van der Waals surface area contributed by atoms with E-state index in [1.54, 1.807) is 6.20 Å². The Balaban J connectivity index is 1.50. The lowest BCUT2D eigenvalue weighted by Gasteiger charge is -2.28. The van der Waals surface area contributed by atoms with Crippen LogP contribution in [0.1, 0.15) is 9.67 Å². The molecule has 1 saturated heterocycles. The molecule has 0 bridgehead atoms. The molecule has 0 atom stereocenters. The molecule has 146 valence electrons. The fraction of sp³-hybridized carbons (Fsp3) is 0.182. The number of thiophene rings is 1. The number of nitrogens with one attached hydrogen (secondary N) is 2. The third kappa shape index (κ3) is 3.50. The number of H-pyrrole nitrogens is 1. The van der Waals surface area contributed by atoms with Gasteiger partial charge in [-0.3, -0.25) is 9.89 Å². The summed E-state index contributed by atoms with van der Waals surface area (Å²) in [5.74, 6) is -0.117. The Morgan fingerprint density at radius 3 is 2.76 bits per heavy atom. The van der Waals surface area contributed by atoms with Gasteiger partial charge in [0.05, 0.1) is 40.5 Å². The molecule has 29 heavy (non-hydrogen) atoms. The molecule has 2 aromatic heterocycles. The highest BCUT2D eigenvalue weighted by atomic mass is 32.1. The van der Waals surface area contributed by atoms with E-state index in [0.717, 1.165) is 45.8 Å². The number of aromatic nitrogens is 2. The first-order valence-electron chi connectivity index (χ1n) is 9.55. The zero-order valence-corrected chi connectivity index (χ0v) is 16.5. The topological polar surface area (TPSA) is 70.2 Å². The summed E-state index contributed by atoms with van der Waals surface area (Å²) in [6.07, 6.45) is 1.75. The van der Waals surface area contributed by atoms with Crippen molar-refractivity contribution in [3.05, 3.63) is 65.7 Å². The first kappa shape index (κ1) is 17.9. The number of aromatic amines is 1. The molecule has 0 aliphatic carbocycles. The van der Waals surface area contributed by atoms with E-state index in [1.165, 1.54) is 11.3 Å². The van der Waals surface area contributed by atoms with Gasteiger partial charge >= 0.3 is 0 Å². The number of anilines is 2. The highest BCUT2D eigenvalue weighted by Gasteiger charge is 2.22. The smallest absolute Gasteiger partial charge is 0.265 e. The Kier molecular flexibility index (Phi) is 4.75. The summed E-state index contributed by atoms with van der Waals surface area (Å²) < 4.78 is 5.51. The number of nitrogens with zero attached hydrogens (tertiary/aromatic N) is 2. The second-order valence-electron chi connectivity index (χ2n) is 6.89. The van der Waals surface area contributed by atoms with Crippen LogP contribution in [-0.4, -0.2) is 42.4 Å². The average molecular weight is 404 g/mol. The molecule has 5 rings (SSSR count). The number of hydrogen-bond donors (Lipinski definition) is 2. The minimum atomic E-state index is -0.117. The molecule has 4 aromatic rings. The number of rotatable bonds is 4. The van der Waals surface area contributed by atoms with Crippen molar-refractivity contribution >= 4 is 38.8 Å². The van der Waals surface area contributed by atoms with E-state index in [4.69, 9.17) is 4.74 Å². The Morgan fingerprint density at radius 2 is 1.93 bits per heavy atom. The lowest BCUT2D eigenvalue weighted by atomic mass is 10.1. The van der Waals surface area contributed by atoms with E-state index < -0.39 is 0 Å². The molecular weight excluding hydrogens is 384 g/mol. The number of ether oxygens (including phenoxy) is 1. The summed E-state index contributed by atoms with van der Waals surface area (Å²) in [4.78, 5) is 16.1. The number of hydrogen-bond acceptors (Lipinski definition) is 5. The quantitative estimate of drug-likeness (QED) is 0.530. The Morgan fingerprint density at radius 1 is 1.10 bits per heavy atom. The maximum absolute atomic E-state index is 13.1. The molecule has 1 fully saturated rings. The fourth-order valence-corrected chi connectivity index (χ4v) is 4.70. The second-order valence-corrected chi connectivity index (χ2v) is 7.92. The molecule has 2 aromatic carbocycles. The third-order valence-corrected chi connectivity index (χ3v) is 6.24. The summed E-state index contributed by atoms with van der Waals surface area (Å²) in [6, 6.07) is 18.0. The van der Waals surface area contributed by atoms with Gasteiger partial charge in [-0.1, -0.05) is 42.5 Å². The van der Waals surface area contributed by atoms with Gasteiger partial charge < -0.3 is 15.0 Å². The van der Waals surface area contributed by atoms with Crippen molar-refractivity contribution in [2.75, 3.05) is 36.5 Å². The second kappa shape index (κ2) is 7.69. The van der Waals surface area contributed by atoms with Crippen LogP contribution in [0.2, 0.25) is 0 Å². The maximum atomic E-state index is 13.1. The zero-order valence-electron chi connectivity index (χ0n) is 15.7.